The van der Waals surface area contributed by atoms with Gasteiger partial charge in [-0.15, -0.1) is 0 Å². The van der Waals surface area contributed by atoms with Gasteiger partial charge >= 0.3 is 0 Å². The van der Waals surface area contributed by atoms with Gasteiger partial charge in [0.2, 0.25) is 0 Å². The molecule has 0 radical (unpaired) electrons. The summed E-state index contributed by atoms with van der Waals surface area (Å²) in [6, 6.07) is 19.4. The minimum absolute atomic E-state index is 0.00610. The summed E-state index contributed by atoms with van der Waals surface area (Å²) in [5.74, 6) is 0.284. The standard InChI is InChI=1S/C27H30N4O2/c1-20(2)22-10-8-21(9-11-22)19-30-13-15-31(16-14-30)27(33)23-5-3-7-25(17-23)29-26(32)24-6-4-12-28-18-24/h3-12,17-18,20H,13-16,19H2,1-2H3,(H,29,32). The fourth-order valence-corrected chi connectivity index (χ4v) is 3.99. The lowest BCUT2D eigenvalue weighted by Gasteiger charge is -2.35. The minimum atomic E-state index is -0.247. The predicted molar refractivity (Wildman–Crippen MR) is 130 cm³/mol. The summed E-state index contributed by atoms with van der Waals surface area (Å²) in [4.78, 5) is 33.7. The highest BCUT2D eigenvalue weighted by molar-refractivity contribution is 6.04. The number of pyridine rings is 1. The van der Waals surface area contributed by atoms with E-state index in [1.807, 2.05) is 4.90 Å². The van der Waals surface area contributed by atoms with Gasteiger partial charge in [0.1, 0.15) is 0 Å². The molecule has 1 aromatic heterocycles. The third-order valence-corrected chi connectivity index (χ3v) is 6.00. The van der Waals surface area contributed by atoms with Crippen molar-refractivity contribution in [2.75, 3.05) is 31.5 Å². The SMILES string of the molecule is CC(C)c1ccc(CN2CCN(C(=O)c3cccc(NC(=O)c4cccnc4)c3)CC2)cc1. The molecule has 2 aromatic carbocycles. The number of benzene rings is 2. The molecule has 2 heterocycles. The second-order valence-electron chi connectivity index (χ2n) is 8.74. The van der Waals surface area contributed by atoms with Crippen LogP contribution >= 0.6 is 0 Å². The van der Waals surface area contributed by atoms with Crippen molar-refractivity contribution in [1.82, 2.24) is 14.8 Å². The van der Waals surface area contributed by atoms with E-state index in [1.165, 1.54) is 17.3 Å². The van der Waals surface area contributed by atoms with Crippen LogP contribution in [-0.2, 0) is 6.54 Å². The van der Waals surface area contributed by atoms with E-state index in [4.69, 9.17) is 0 Å². The van der Waals surface area contributed by atoms with Crippen LogP contribution in [0.4, 0.5) is 5.69 Å². The first kappa shape index (κ1) is 22.7. The average Bonchev–Trinajstić information content (AvgIpc) is 2.85. The molecule has 0 saturated carbocycles. The first-order chi connectivity index (χ1) is 16.0. The van der Waals surface area contributed by atoms with Crippen molar-refractivity contribution in [1.29, 1.82) is 0 Å². The molecule has 1 aliphatic rings. The summed E-state index contributed by atoms with van der Waals surface area (Å²) in [5.41, 5.74) is 4.31. The number of nitrogens with zero attached hydrogens (tertiary/aromatic N) is 3. The highest BCUT2D eigenvalue weighted by atomic mass is 16.2. The van der Waals surface area contributed by atoms with Crippen molar-refractivity contribution >= 4 is 17.5 Å². The normalized spacial score (nSPS) is 14.3. The van der Waals surface area contributed by atoms with Crippen molar-refractivity contribution in [3.63, 3.8) is 0 Å². The number of carbonyl (C=O) groups is 2. The Kier molecular flexibility index (Phi) is 7.15. The highest BCUT2D eigenvalue weighted by Gasteiger charge is 2.22. The number of hydrogen-bond donors (Lipinski definition) is 1. The Morgan fingerprint density at radius 3 is 2.33 bits per heavy atom. The third kappa shape index (κ3) is 5.84. The number of amides is 2. The van der Waals surface area contributed by atoms with Gasteiger partial charge in [0.15, 0.2) is 0 Å². The van der Waals surface area contributed by atoms with E-state index in [0.717, 1.165) is 19.6 Å². The van der Waals surface area contributed by atoms with Crippen LogP contribution in [0.2, 0.25) is 0 Å². The molecule has 0 spiro atoms. The molecule has 0 unspecified atom stereocenters. The smallest absolute Gasteiger partial charge is 0.257 e. The molecule has 0 atom stereocenters. The van der Waals surface area contributed by atoms with Crippen LogP contribution in [0.25, 0.3) is 0 Å². The van der Waals surface area contributed by atoms with E-state index in [1.54, 1.807) is 42.6 Å². The lowest BCUT2D eigenvalue weighted by atomic mass is 10.0. The second kappa shape index (κ2) is 10.4. The van der Waals surface area contributed by atoms with Crippen molar-refractivity contribution < 1.29 is 9.59 Å². The van der Waals surface area contributed by atoms with Crippen LogP contribution in [0.1, 0.15) is 51.6 Å². The van der Waals surface area contributed by atoms with Crippen molar-refractivity contribution in [3.05, 3.63) is 95.3 Å². The van der Waals surface area contributed by atoms with Crippen LogP contribution in [0.3, 0.4) is 0 Å². The topological polar surface area (TPSA) is 65.5 Å². The molecule has 170 valence electrons. The number of hydrogen-bond acceptors (Lipinski definition) is 4. The number of anilines is 1. The van der Waals surface area contributed by atoms with E-state index in [9.17, 15) is 9.59 Å². The number of nitrogens with one attached hydrogen (secondary N) is 1. The zero-order chi connectivity index (χ0) is 23.2. The second-order valence-corrected chi connectivity index (χ2v) is 8.74. The molecule has 1 aliphatic heterocycles. The molecule has 3 aromatic rings. The van der Waals surface area contributed by atoms with Crippen molar-refractivity contribution in [2.24, 2.45) is 0 Å². The van der Waals surface area contributed by atoms with E-state index >= 15 is 0 Å². The third-order valence-electron chi connectivity index (χ3n) is 6.00. The van der Waals surface area contributed by atoms with Gasteiger partial charge < -0.3 is 10.2 Å². The maximum atomic E-state index is 13.1. The lowest BCUT2D eigenvalue weighted by Crippen LogP contribution is -2.48. The summed E-state index contributed by atoms with van der Waals surface area (Å²) in [5, 5.41) is 2.84. The molecule has 0 aliphatic carbocycles. The van der Waals surface area contributed by atoms with Gasteiger partial charge in [-0.25, -0.2) is 0 Å². The van der Waals surface area contributed by atoms with Crippen molar-refractivity contribution in [3.8, 4) is 0 Å². The number of rotatable bonds is 6. The molecule has 2 amide bonds. The molecule has 0 bridgehead atoms. The van der Waals surface area contributed by atoms with Gasteiger partial charge in [-0.05, 0) is 47.4 Å². The van der Waals surface area contributed by atoms with Crippen LogP contribution < -0.4 is 5.32 Å². The van der Waals surface area contributed by atoms with Gasteiger partial charge in [0.25, 0.3) is 11.8 Å². The largest absolute Gasteiger partial charge is 0.336 e. The van der Waals surface area contributed by atoms with E-state index < -0.39 is 0 Å². The van der Waals surface area contributed by atoms with Crippen LogP contribution in [0.15, 0.2) is 73.1 Å². The zero-order valence-corrected chi connectivity index (χ0v) is 19.2. The molecule has 6 heteroatoms. The Hall–Kier alpha value is -3.51. The first-order valence-corrected chi connectivity index (χ1v) is 11.4. The van der Waals surface area contributed by atoms with Crippen LogP contribution in [0.5, 0.6) is 0 Å². The molecule has 6 nitrogen and oxygen atoms in total. The Bertz CT molecular complexity index is 1090. The lowest BCUT2D eigenvalue weighted by molar-refractivity contribution is 0.0628. The zero-order valence-electron chi connectivity index (χ0n) is 19.2. The summed E-state index contributed by atoms with van der Waals surface area (Å²) in [6.45, 7) is 8.37. The van der Waals surface area contributed by atoms with E-state index in [-0.39, 0.29) is 11.8 Å². The molecule has 1 saturated heterocycles. The Balaban J connectivity index is 1.32. The van der Waals surface area contributed by atoms with E-state index in [2.05, 4.69) is 53.3 Å². The van der Waals surface area contributed by atoms with Gasteiger partial charge in [0.05, 0.1) is 5.56 Å². The van der Waals surface area contributed by atoms with Crippen molar-refractivity contribution in [2.45, 2.75) is 26.3 Å². The molecular formula is C27H30N4O2. The van der Waals surface area contributed by atoms with E-state index in [0.29, 0.717) is 35.8 Å². The maximum Gasteiger partial charge on any atom is 0.257 e. The summed E-state index contributed by atoms with van der Waals surface area (Å²) in [6.07, 6.45) is 3.14. The fourth-order valence-electron chi connectivity index (χ4n) is 3.99. The highest BCUT2D eigenvalue weighted by Crippen LogP contribution is 2.18. The Labute approximate surface area is 195 Å². The Morgan fingerprint density at radius 1 is 0.939 bits per heavy atom. The summed E-state index contributed by atoms with van der Waals surface area (Å²) < 4.78 is 0. The quantitative estimate of drug-likeness (QED) is 0.614. The summed E-state index contributed by atoms with van der Waals surface area (Å²) >= 11 is 0. The van der Waals surface area contributed by atoms with Crippen LogP contribution in [-0.4, -0.2) is 52.8 Å². The molecule has 1 N–H and O–H groups in total. The minimum Gasteiger partial charge on any atom is -0.336 e. The predicted octanol–water partition coefficient (Wildman–Crippen LogP) is 4.42. The molecule has 1 fully saturated rings. The molecule has 4 rings (SSSR count). The monoisotopic (exact) mass is 442 g/mol. The Morgan fingerprint density at radius 2 is 1.67 bits per heavy atom. The fraction of sp³-hybridized carbons (Fsp3) is 0.296. The van der Waals surface area contributed by atoms with Gasteiger partial charge in [-0.1, -0.05) is 44.2 Å². The molecule has 33 heavy (non-hydrogen) atoms. The average molecular weight is 443 g/mol. The number of aromatic nitrogens is 1. The number of carbonyl (C=O) groups excluding carboxylic acids is 2. The van der Waals surface area contributed by atoms with Gasteiger partial charge in [-0.2, -0.15) is 0 Å². The molecular weight excluding hydrogens is 412 g/mol. The van der Waals surface area contributed by atoms with Crippen LogP contribution in [0, 0.1) is 0 Å². The maximum absolute atomic E-state index is 13.1. The first-order valence-electron chi connectivity index (χ1n) is 11.4. The summed E-state index contributed by atoms with van der Waals surface area (Å²) in [7, 11) is 0. The number of piperazine rings is 1. The van der Waals surface area contributed by atoms with Gasteiger partial charge in [-0.3, -0.25) is 19.5 Å². The van der Waals surface area contributed by atoms with Gasteiger partial charge in [0, 0.05) is 56.4 Å².